The molecule has 17 heavy (non-hydrogen) atoms. The third-order valence-electron chi connectivity index (χ3n) is 2.89. The lowest BCUT2D eigenvalue weighted by atomic mass is 10.1. The van der Waals surface area contributed by atoms with Gasteiger partial charge in [0.1, 0.15) is 0 Å². The fourth-order valence-corrected chi connectivity index (χ4v) is 2.01. The standard InChI is InChI=1S/C12H17N3O.ClH/c13-12(16)10-3-1-2-4-11(10)15-9-5-7-14-8-6-9;/h1-4,9,14-15H,5-8H2,(H2,13,16);1H. The number of benzene rings is 1. The van der Waals surface area contributed by atoms with E-state index in [0.717, 1.165) is 31.6 Å². The summed E-state index contributed by atoms with van der Waals surface area (Å²) in [7, 11) is 0. The molecule has 0 aliphatic carbocycles. The Kier molecular flexibility index (Phi) is 5.25. The van der Waals surface area contributed by atoms with Crippen molar-refractivity contribution in [3.05, 3.63) is 29.8 Å². The maximum Gasteiger partial charge on any atom is 0.250 e. The number of amides is 1. The molecular formula is C12H18ClN3O. The van der Waals surface area contributed by atoms with Gasteiger partial charge in [-0.3, -0.25) is 4.79 Å². The van der Waals surface area contributed by atoms with Crippen LogP contribution in [0, 0.1) is 0 Å². The van der Waals surface area contributed by atoms with Crippen molar-refractivity contribution in [1.82, 2.24) is 5.32 Å². The van der Waals surface area contributed by atoms with Crippen molar-refractivity contribution >= 4 is 24.0 Å². The smallest absolute Gasteiger partial charge is 0.250 e. The molecule has 1 aromatic rings. The Morgan fingerprint density at radius 3 is 2.59 bits per heavy atom. The number of nitrogens with two attached hydrogens (primary N) is 1. The van der Waals surface area contributed by atoms with E-state index < -0.39 is 0 Å². The summed E-state index contributed by atoms with van der Waals surface area (Å²) in [5.41, 5.74) is 6.75. The minimum atomic E-state index is -0.378. The van der Waals surface area contributed by atoms with E-state index in [-0.39, 0.29) is 18.3 Å². The third-order valence-corrected chi connectivity index (χ3v) is 2.89. The molecule has 1 aromatic carbocycles. The first kappa shape index (κ1) is 13.8. The van der Waals surface area contributed by atoms with E-state index in [2.05, 4.69) is 10.6 Å². The van der Waals surface area contributed by atoms with Gasteiger partial charge in [0.2, 0.25) is 0 Å². The van der Waals surface area contributed by atoms with Crippen LogP contribution in [0.5, 0.6) is 0 Å². The molecule has 1 aliphatic rings. The summed E-state index contributed by atoms with van der Waals surface area (Å²) in [6.07, 6.45) is 2.15. The second-order valence-corrected chi connectivity index (χ2v) is 4.08. The van der Waals surface area contributed by atoms with Gasteiger partial charge in [0, 0.05) is 11.7 Å². The zero-order valence-electron chi connectivity index (χ0n) is 9.61. The van der Waals surface area contributed by atoms with Gasteiger partial charge in [-0.05, 0) is 38.1 Å². The lowest BCUT2D eigenvalue weighted by Crippen LogP contribution is -2.35. The summed E-state index contributed by atoms with van der Waals surface area (Å²) in [6, 6.07) is 7.83. The van der Waals surface area contributed by atoms with Crippen LogP contribution in [0.4, 0.5) is 5.69 Å². The summed E-state index contributed by atoms with van der Waals surface area (Å²) < 4.78 is 0. The van der Waals surface area contributed by atoms with E-state index in [0.29, 0.717) is 11.6 Å². The Hall–Kier alpha value is -1.26. The molecule has 1 amide bonds. The summed E-state index contributed by atoms with van der Waals surface area (Å²) in [6.45, 7) is 2.05. The molecule has 0 spiro atoms. The van der Waals surface area contributed by atoms with Crippen molar-refractivity contribution in [3.63, 3.8) is 0 Å². The average molecular weight is 256 g/mol. The number of carbonyl (C=O) groups is 1. The van der Waals surface area contributed by atoms with Gasteiger partial charge in [0.25, 0.3) is 5.91 Å². The van der Waals surface area contributed by atoms with Crippen LogP contribution in [-0.4, -0.2) is 25.0 Å². The first-order valence-corrected chi connectivity index (χ1v) is 5.63. The van der Waals surface area contributed by atoms with Crippen molar-refractivity contribution < 1.29 is 4.79 Å². The predicted octanol–water partition coefficient (Wildman–Crippen LogP) is 1.37. The number of piperidine rings is 1. The van der Waals surface area contributed by atoms with Gasteiger partial charge in [-0.25, -0.2) is 0 Å². The number of carbonyl (C=O) groups excluding carboxylic acids is 1. The van der Waals surface area contributed by atoms with Crippen LogP contribution in [0.15, 0.2) is 24.3 Å². The Labute approximate surface area is 107 Å². The van der Waals surface area contributed by atoms with E-state index in [9.17, 15) is 4.79 Å². The maximum absolute atomic E-state index is 11.2. The second kappa shape index (κ2) is 6.47. The molecule has 5 heteroatoms. The molecule has 1 heterocycles. The number of hydrogen-bond donors (Lipinski definition) is 3. The number of primary amides is 1. The number of halogens is 1. The number of hydrogen-bond acceptors (Lipinski definition) is 3. The molecule has 0 bridgehead atoms. The van der Waals surface area contributed by atoms with Crippen molar-refractivity contribution in [3.8, 4) is 0 Å². The highest BCUT2D eigenvalue weighted by Gasteiger charge is 2.15. The van der Waals surface area contributed by atoms with Gasteiger partial charge in [-0.1, -0.05) is 12.1 Å². The Balaban J connectivity index is 0.00000144. The number of rotatable bonds is 3. The molecule has 0 saturated carbocycles. The zero-order chi connectivity index (χ0) is 11.4. The van der Waals surface area contributed by atoms with E-state index in [1.54, 1.807) is 6.07 Å². The molecule has 0 aromatic heterocycles. The molecule has 2 rings (SSSR count). The van der Waals surface area contributed by atoms with Crippen LogP contribution in [0.1, 0.15) is 23.2 Å². The van der Waals surface area contributed by atoms with E-state index in [1.807, 2.05) is 18.2 Å². The minimum absolute atomic E-state index is 0. The maximum atomic E-state index is 11.2. The Bertz CT molecular complexity index is 378. The van der Waals surface area contributed by atoms with Crippen molar-refractivity contribution in [1.29, 1.82) is 0 Å². The molecule has 4 nitrogen and oxygen atoms in total. The quantitative estimate of drug-likeness (QED) is 0.764. The predicted molar refractivity (Wildman–Crippen MR) is 71.7 cm³/mol. The van der Waals surface area contributed by atoms with Crippen LogP contribution in [-0.2, 0) is 0 Å². The summed E-state index contributed by atoms with van der Waals surface area (Å²) in [5.74, 6) is -0.378. The SMILES string of the molecule is Cl.NC(=O)c1ccccc1NC1CCNCC1. The normalized spacial score (nSPS) is 16.0. The van der Waals surface area contributed by atoms with Gasteiger partial charge >= 0.3 is 0 Å². The molecule has 0 radical (unpaired) electrons. The highest BCUT2D eigenvalue weighted by atomic mass is 35.5. The fraction of sp³-hybridized carbons (Fsp3) is 0.417. The first-order valence-electron chi connectivity index (χ1n) is 5.63. The van der Waals surface area contributed by atoms with Gasteiger partial charge in [-0.15, -0.1) is 12.4 Å². The van der Waals surface area contributed by atoms with Crippen molar-refractivity contribution in [2.24, 2.45) is 5.73 Å². The van der Waals surface area contributed by atoms with Crippen molar-refractivity contribution in [2.75, 3.05) is 18.4 Å². The number of anilines is 1. The minimum Gasteiger partial charge on any atom is -0.382 e. The van der Waals surface area contributed by atoms with Crippen LogP contribution in [0.3, 0.4) is 0 Å². The molecule has 94 valence electrons. The first-order chi connectivity index (χ1) is 7.77. The van der Waals surface area contributed by atoms with Gasteiger partial charge in [0.05, 0.1) is 5.56 Å². The topological polar surface area (TPSA) is 67.2 Å². The highest BCUT2D eigenvalue weighted by molar-refractivity contribution is 5.98. The Morgan fingerprint density at radius 2 is 1.94 bits per heavy atom. The highest BCUT2D eigenvalue weighted by Crippen LogP contribution is 2.18. The van der Waals surface area contributed by atoms with E-state index in [1.165, 1.54) is 0 Å². The summed E-state index contributed by atoms with van der Waals surface area (Å²) in [5, 5.41) is 6.70. The van der Waals surface area contributed by atoms with Crippen LogP contribution < -0.4 is 16.4 Å². The van der Waals surface area contributed by atoms with Crippen LogP contribution in [0.2, 0.25) is 0 Å². The van der Waals surface area contributed by atoms with Gasteiger partial charge < -0.3 is 16.4 Å². The Morgan fingerprint density at radius 1 is 1.29 bits per heavy atom. The lowest BCUT2D eigenvalue weighted by Gasteiger charge is -2.25. The van der Waals surface area contributed by atoms with Crippen molar-refractivity contribution in [2.45, 2.75) is 18.9 Å². The zero-order valence-corrected chi connectivity index (χ0v) is 10.4. The van der Waals surface area contributed by atoms with Gasteiger partial charge in [-0.2, -0.15) is 0 Å². The van der Waals surface area contributed by atoms with Crippen LogP contribution in [0.25, 0.3) is 0 Å². The monoisotopic (exact) mass is 255 g/mol. The fourth-order valence-electron chi connectivity index (χ4n) is 2.01. The second-order valence-electron chi connectivity index (χ2n) is 4.08. The molecule has 1 fully saturated rings. The molecule has 0 atom stereocenters. The lowest BCUT2D eigenvalue weighted by molar-refractivity contribution is 0.100. The molecule has 1 saturated heterocycles. The molecule has 1 aliphatic heterocycles. The molecular weight excluding hydrogens is 238 g/mol. The third kappa shape index (κ3) is 3.61. The van der Waals surface area contributed by atoms with Crippen LogP contribution >= 0.6 is 12.4 Å². The summed E-state index contributed by atoms with van der Waals surface area (Å²) in [4.78, 5) is 11.2. The molecule has 4 N–H and O–H groups in total. The average Bonchev–Trinajstić information content (AvgIpc) is 2.31. The number of para-hydroxylation sites is 1. The van der Waals surface area contributed by atoms with E-state index in [4.69, 9.17) is 5.73 Å². The molecule has 0 unspecified atom stereocenters. The number of nitrogens with one attached hydrogen (secondary N) is 2. The van der Waals surface area contributed by atoms with E-state index >= 15 is 0 Å². The summed E-state index contributed by atoms with van der Waals surface area (Å²) >= 11 is 0. The van der Waals surface area contributed by atoms with Gasteiger partial charge in [0.15, 0.2) is 0 Å². The largest absolute Gasteiger partial charge is 0.382 e.